The molecule has 15 heavy (non-hydrogen) atoms. The Morgan fingerprint density at radius 1 is 1.60 bits per heavy atom. The van der Waals surface area contributed by atoms with Crippen molar-refractivity contribution in [2.45, 2.75) is 33.1 Å². The Hall–Kier alpha value is -0.420. The van der Waals surface area contributed by atoms with Crippen LogP contribution in [0.25, 0.3) is 0 Å². The summed E-state index contributed by atoms with van der Waals surface area (Å²) in [6, 6.07) is 0. The van der Waals surface area contributed by atoms with Crippen LogP contribution in [0.3, 0.4) is 0 Å². The van der Waals surface area contributed by atoms with E-state index in [9.17, 15) is 4.79 Å². The van der Waals surface area contributed by atoms with Crippen LogP contribution < -0.4 is 0 Å². The monoisotopic (exact) mass is 291 g/mol. The number of esters is 1. The Kier molecular flexibility index (Phi) is 4.73. The van der Waals surface area contributed by atoms with Crippen LogP contribution in [0.1, 0.15) is 48.5 Å². The summed E-state index contributed by atoms with van der Waals surface area (Å²) in [6.07, 6.45) is 0.987. The summed E-state index contributed by atoms with van der Waals surface area (Å²) in [5, 5.41) is 0. The van der Waals surface area contributed by atoms with E-state index in [0.717, 1.165) is 15.2 Å². The molecule has 0 amide bonds. The average molecular weight is 292 g/mol. The van der Waals surface area contributed by atoms with Crippen molar-refractivity contribution in [3.8, 4) is 0 Å². The summed E-state index contributed by atoms with van der Waals surface area (Å²) < 4.78 is 5.70. The largest absolute Gasteiger partial charge is 0.461 e. The lowest BCUT2D eigenvalue weighted by Crippen LogP contribution is -2.08. The summed E-state index contributed by atoms with van der Waals surface area (Å²) in [4.78, 5) is 16.8. The third-order valence-corrected chi connectivity index (χ3v) is 3.89. The molecule has 1 heterocycles. The molecular weight excluding hydrogens is 278 g/mol. The van der Waals surface area contributed by atoms with Crippen molar-refractivity contribution < 1.29 is 9.53 Å². The average Bonchev–Trinajstić information content (AvgIpc) is 2.59. The molecule has 1 aromatic heterocycles. The molecule has 1 aromatic rings. The molecule has 0 bridgehead atoms. The van der Waals surface area contributed by atoms with Gasteiger partial charge in [0, 0.05) is 4.88 Å². The number of hydrogen-bond acceptors (Lipinski definition) is 4. The van der Waals surface area contributed by atoms with Gasteiger partial charge in [0.05, 0.1) is 6.61 Å². The molecule has 0 aromatic carbocycles. The zero-order valence-electron chi connectivity index (χ0n) is 9.04. The van der Waals surface area contributed by atoms with Gasteiger partial charge in [0.1, 0.15) is 0 Å². The minimum Gasteiger partial charge on any atom is -0.461 e. The molecule has 0 aliphatic rings. The number of nitrogens with zero attached hydrogens (tertiary/aromatic N) is 1. The minimum atomic E-state index is -0.324. The Morgan fingerprint density at radius 2 is 2.27 bits per heavy atom. The summed E-state index contributed by atoms with van der Waals surface area (Å²) in [6.45, 7) is 6.35. The van der Waals surface area contributed by atoms with Crippen molar-refractivity contribution in [3.05, 3.63) is 14.5 Å². The third-order valence-electron chi connectivity index (χ3n) is 2.16. The lowest BCUT2D eigenvalue weighted by Gasteiger charge is -2.07. The highest BCUT2D eigenvalue weighted by Crippen LogP contribution is 2.31. The second-order valence-corrected chi connectivity index (χ2v) is 5.52. The second-order valence-electron chi connectivity index (χ2n) is 3.21. The maximum absolute atomic E-state index is 11.6. The molecule has 1 rings (SSSR count). The fourth-order valence-electron chi connectivity index (χ4n) is 1.17. The highest BCUT2D eigenvalue weighted by atomic mass is 79.9. The van der Waals surface area contributed by atoms with E-state index in [2.05, 4.69) is 34.8 Å². The van der Waals surface area contributed by atoms with Crippen molar-refractivity contribution in [2.75, 3.05) is 6.61 Å². The van der Waals surface area contributed by atoms with Gasteiger partial charge in [-0.15, -0.1) is 11.3 Å². The Labute approximate surface area is 102 Å². The van der Waals surface area contributed by atoms with Gasteiger partial charge in [0.15, 0.2) is 9.61 Å². The van der Waals surface area contributed by atoms with Crippen molar-refractivity contribution >= 4 is 33.2 Å². The van der Waals surface area contributed by atoms with Crippen molar-refractivity contribution in [2.24, 2.45) is 0 Å². The molecule has 3 nitrogen and oxygen atoms in total. The molecule has 84 valence electrons. The van der Waals surface area contributed by atoms with Crippen molar-refractivity contribution in [1.82, 2.24) is 4.98 Å². The SMILES string of the molecule is CCOC(=O)c1nc(Br)sc1C(C)CC. The summed E-state index contributed by atoms with van der Waals surface area (Å²) >= 11 is 4.81. The predicted molar refractivity (Wildman–Crippen MR) is 64.5 cm³/mol. The molecule has 0 aliphatic heterocycles. The number of carbonyl (C=O) groups excluding carboxylic acids is 1. The molecule has 0 N–H and O–H groups in total. The van der Waals surface area contributed by atoms with E-state index >= 15 is 0 Å². The number of halogens is 1. The van der Waals surface area contributed by atoms with Crippen LogP contribution in [0, 0.1) is 0 Å². The van der Waals surface area contributed by atoms with E-state index in [1.165, 1.54) is 11.3 Å². The minimum absolute atomic E-state index is 0.324. The summed E-state index contributed by atoms with van der Waals surface area (Å²) in [5.41, 5.74) is 0.461. The maximum Gasteiger partial charge on any atom is 0.358 e. The molecule has 5 heteroatoms. The van der Waals surface area contributed by atoms with Gasteiger partial charge in [-0.25, -0.2) is 9.78 Å². The van der Waals surface area contributed by atoms with Crippen LogP contribution in [-0.4, -0.2) is 17.6 Å². The zero-order valence-corrected chi connectivity index (χ0v) is 11.4. The number of rotatable bonds is 4. The molecule has 0 aliphatic carbocycles. The molecule has 1 unspecified atom stereocenters. The molecule has 0 fully saturated rings. The summed E-state index contributed by atoms with van der Waals surface area (Å²) in [7, 11) is 0. The fourth-order valence-corrected chi connectivity index (χ4v) is 2.78. The first-order valence-electron chi connectivity index (χ1n) is 4.93. The van der Waals surface area contributed by atoms with Crippen LogP contribution in [-0.2, 0) is 4.74 Å². The van der Waals surface area contributed by atoms with Gasteiger partial charge in [-0.05, 0) is 35.2 Å². The van der Waals surface area contributed by atoms with Crippen LogP contribution in [0.2, 0.25) is 0 Å². The number of hydrogen-bond donors (Lipinski definition) is 0. The number of thiazole rings is 1. The van der Waals surface area contributed by atoms with Gasteiger partial charge in [0.2, 0.25) is 0 Å². The standard InChI is InChI=1S/C10H14BrNO2S/c1-4-6(3)8-7(9(13)14-5-2)12-10(11)15-8/h6H,4-5H2,1-3H3. The highest BCUT2D eigenvalue weighted by Gasteiger charge is 2.21. The number of ether oxygens (including phenoxy) is 1. The normalized spacial score (nSPS) is 12.5. The van der Waals surface area contributed by atoms with E-state index in [-0.39, 0.29) is 5.97 Å². The topological polar surface area (TPSA) is 39.2 Å². The molecule has 0 spiro atoms. The number of carbonyl (C=O) groups is 1. The van der Waals surface area contributed by atoms with Crippen LogP contribution >= 0.6 is 27.3 Å². The van der Waals surface area contributed by atoms with E-state index in [1.807, 2.05) is 0 Å². The smallest absolute Gasteiger partial charge is 0.358 e. The summed E-state index contributed by atoms with van der Waals surface area (Å²) in [5.74, 6) is 0.0166. The first-order valence-corrected chi connectivity index (χ1v) is 6.54. The van der Waals surface area contributed by atoms with Gasteiger partial charge in [0.25, 0.3) is 0 Å². The molecule has 0 radical (unpaired) electrons. The van der Waals surface area contributed by atoms with E-state index in [0.29, 0.717) is 18.2 Å². The first-order chi connectivity index (χ1) is 7.10. The Bertz CT molecular complexity index is 351. The first kappa shape index (κ1) is 12.6. The van der Waals surface area contributed by atoms with Crippen LogP contribution in [0.5, 0.6) is 0 Å². The molecule has 0 saturated heterocycles. The van der Waals surface area contributed by atoms with Gasteiger partial charge in [-0.2, -0.15) is 0 Å². The third kappa shape index (κ3) is 3.01. The number of aromatic nitrogens is 1. The quantitative estimate of drug-likeness (QED) is 0.796. The molecule has 1 atom stereocenters. The van der Waals surface area contributed by atoms with Crippen LogP contribution in [0.4, 0.5) is 0 Å². The van der Waals surface area contributed by atoms with Crippen molar-refractivity contribution in [3.63, 3.8) is 0 Å². The van der Waals surface area contributed by atoms with Gasteiger partial charge in [-0.1, -0.05) is 13.8 Å². The fraction of sp³-hybridized carbons (Fsp3) is 0.600. The molecule has 0 saturated carbocycles. The van der Waals surface area contributed by atoms with Crippen molar-refractivity contribution in [1.29, 1.82) is 0 Å². The second kappa shape index (κ2) is 5.61. The Morgan fingerprint density at radius 3 is 2.80 bits per heavy atom. The Balaban J connectivity index is 3.00. The lowest BCUT2D eigenvalue weighted by molar-refractivity contribution is 0.0518. The molecular formula is C10H14BrNO2S. The van der Waals surface area contributed by atoms with E-state index in [1.54, 1.807) is 6.92 Å². The van der Waals surface area contributed by atoms with Gasteiger partial charge < -0.3 is 4.74 Å². The maximum atomic E-state index is 11.6. The predicted octanol–water partition coefficient (Wildman–Crippen LogP) is 3.60. The van der Waals surface area contributed by atoms with Crippen LogP contribution in [0.15, 0.2) is 3.92 Å². The lowest BCUT2D eigenvalue weighted by atomic mass is 10.1. The van der Waals surface area contributed by atoms with E-state index < -0.39 is 0 Å². The zero-order chi connectivity index (χ0) is 11.4. The van der Waals surface area contributed by atoms with E-state index in [4.69, 9.17) is 4.74 Å². The highest BCUT2D eigenvalue weighted by molar-refractivity contribution is 9.11. The van der Waals surface area contributed by atoms with Gasteiger partial charge >= 0.3 is 5.97 Å². The van der Waals surface area contributed by atoms with Gasteiger partial charge in [-0.3, -0.25) is 0 Å².